The van der Waals surface area contributed by atoms with Crippen LogP contribution in [0.2, 0.25) is 0 Å². The SMILES string of the molecule is Cc1nn(Cc2ccc([N+](=O)[O-])cc2)c(C)c1N=Cc1ccccc1. The van der Waals surface area contributed by atoms with Crippen molar-refractivity contribution in [3.8, 4) is 0 Å². The van der Waals surface area contributed by atoms with Crippen LogP contribution in [-0.4, -0.2) is 20.9 Å². The average molecular weight is 334 g/mol. The smallest absolute Gasteiger partial charge is 0.263 e. The number of nitro benzene ring substituents is 1. The van der Waals surface area contributed by atoms with Gasteiger partial charge in [-0.15, -0.1) is 0 Å². The Labute approximate surface area is 145 Å². The number of aromatic nitrogens is 2. The van der Waals surface area contributed by atoms with Crippen molar-refractivity contribution in [2.75, 3.05) is 0 Å². The molecule has 0 fully saturated rings. The molecule has 0 aliphatic carbocycles. The van der Waals surface area contributed by atoms with Crippen LogP contribution in [0, 0.1) is 24.0 Å². The van der Waals surface area contributed by atoms with Gasteiger partial charge in [-0.1, -0.05) is 42.5 Å². The van der Waals surface area contributed by atoms with Gasteiger partial charge < -0.3 is 0 Å². The number of rotatable bonds is 5. The molecule has 0 bridgehead atoms. The maximum Gasteiger partial charge on any atom is 0.269 e. The summed E-state index contributed by atoms with van der Waals surface area (Å²) in [5, 5.41) is 15.3. The molecule has 0 spiro atoms. The molecule has 0 radical (unpaired) electrons. The molecule has 0 saturated heterocycles. The number of hydrogen-bond donors (Lipinski definition) is 0. The molecule has 3 rings (SSSR count). The quantitative estimate of drug-likeness (QED) is 0.398. The fourth-order valence-corrected chi connectivity index (χ4v) is 2.60. The summed E-state index contributed by atoms with van der Waals surface area (Å²) in [4.78, 5) is 14.9. The van der Waals surface area contributed by atoms with E-state index in [1.54, 1.807) is 12.1 Å². The lowest BCUT2D eigenvalue weighted by Gasteiger charge is -2.04. The summed E-state index contributed by atoms with van der Waals surface area (Å²) < 4.78 is 1.87. The van der Waals surface area contributed by atoms with Crippen LogP contribution in [0.25, 0.3) is 0 Å². The molecule has 6 heteroatoms. The molecule has 0 unspecified atom stereocenters. The molecule has 3 aromatic rings. The molecule has 25 heavy (non-hydrogen) atoms. The minimum atomic E-state index is -0.399. The first-order valence-corrected chi connectivity index (χ1v) is 7.91. The van der Waals surface area contributed by atoms with Crippen LogP contribution in [-0.2, 0) is 6.54 Å². The molecule has 0 aliphatic heterocycles. The molecule has 0 atom stereocenters. The Morgan fingerprint density at radius 2 is 1.80 bits per heavy atom. The summed E-state index contributed by atoms with van der Waals surface area (Å²) in [6.07, 6.45) is 1.83. The Balaban J connectivity index is 1.82. The zero-order chi connectivity index (χ0) is 17.8. The Hall–Kier alpha value is -3.28. The predicted molar refractivity (Wildman–Crippen MR) is 97.6 cm³/mol. The second-order valence-corrected chi connectivity index (χ2v) is 5.77. The molecule has 0 aliphatic rings. The van der Waals surface area contributed by atoms with E-state index in [2.05, 4.69) is 10.1 Å². The van der Waals surface area contributed by atoms with Crippen molar-refractivity contribution in [1.29, 1.82) is 0 Å². The standard InChI is InChI=1S/C19H18N4O2/c1-14-19(20-12-16-6-4-3-5-7-16)15(2)22(21-14)13-17-8-10-18(11-9-17)23(24)25/h3-12H,13H2,1-2H3. The third-order valence-electron chi connectivity index (χ3n) is 3.97. The number of hydrogen-bond acceptors (Lipinski definition) is 4. The van der Waals surface area contributed by atoms with Crippen molar-refractivity contribution in [3.63, 3.8) is 0 Å². The van der Waals surface area contributed by atoms with Gasteiger partial charge in [0.15, 0.2) is 0 Å². The Morgan fingerprint density at radius 1 is 1.12 bits per heavy atom. The van der Waals surface area contributed by atoms with Gasteiger partial charge in [-0.25, -0.2) is 0 Å². The van der Waals surface area contributed by atoms with Crippen LogP contribution in [0.3, 0.4) is 0 Å². The largest absolute Gasteiger partial charge is 0.269 e. The molecule has 2 aromatic carbocycles. The van der Waals surface area contributed by atoms with Crippen molar-refractivity contribution in [2.45, 2.75) is 20.4 Å². The monoisotopic (exact) mass is 334 g/mol. The molecule has 126 valence electrons. The molecule has 6 nitrogen and oxygen atoms in total. The highest BCUT2D eigenvalue weighted by molar-refractivity contribution is 5.82. The average Bonchev–Trinajstić information content (AvgIpc) is 2.88. The number of nitrogens with zero attached hydrogens (tertiary/aromatic N) is 4. The topological polar surface area (TPSA) is 73.3 Å². The molecule has 1 aromatic heterocycles. The van der Waals surface area contributed by atoms with E-state index < -0.39 is 4.92 Å². The summed E-state index contributed by atoms with van der Waals surface area (Å²) >= 11 is 0. The molecule has 1 heterocycles. The highest BCUT2D eigenvalue weighted by Gasteiger charge is 2.11. The number of nitro groups is 1. The second kappa shape index (κ2) is 7.09. The van der Waals surface area contributed by atoms with Gasteiger partial charge in [0, 0.05) is 18.3 Å². The van der Waals surface area contributed by atoms with Gasteiger partial charge in [0.25, 0.3) is 5.69 Å². The number of non-ortho nitro benzene ring substituents is 1. The molecule has 0 saturated carbocycles. The summed E-state index contributed by atoms with van der Waals surface area (Å²) in [5.41, 5.74) is 4.74. The van der Waals surface area contributed by atoms with Gasteiger partial charge >= 0.3 is 0 Å². The fraction of sp³-hybridized carbons (Fsp3) is 0.158. The van der Waals surface area contributed by atoms with Crippen molar-refractivity contribution in [1.82, 2.24) is 9.78 Å². The third kappa shape index (κ3) is 3.80. The van der Waals surface area contributed by atoms with Crippen LogP contribution >= 0.6 is 0 Å². The van der Waals surface area contributed by atoms with E-state index in [9.17, 15) is 10.1 Å². The predicted octanol–water partition coefficient (Wildman–Crippen LogP) is 4.21. The number of benzene rings is 2. The van der Waals surface area contributed by atoms with Gasteiger partial charge in [0.05, 0.1) is 22.9 Å². The Kier molecular flexibility index (Phi) is 4.70. The molecular formula is C19H18N4O2. The summed E-state index contributed by atoms with van der Waals surface area (Å²) in [6, 6.07) is 16.4. The first-order valence-electron chi connectivity index (χ1n) is 7.91. The minimum absolute atomic E-state index is 0.0882. The van der Waals surface area contributed by atoms with Crippen LogP contribution < -0.4 is 0 Å². The maximum atomic E-state index is 10.7. The van der Waals surface area contributed by atoms with E-state index in [-0.39, 0.29) is 5.69 Å². The lowest BCUT2D eigenvalue weighted by atomic mass is 10.2. The van der Waals surface area contributed by atoms with Gasteiger partial charge in [0.2, 0.25) is 0 Å². The lowest BCUT2D eigenvalue weighted by Crippen LogP contribution is -2.04. The van der Waals surface area contributed by atoms with Gasteiger partial charge in [0.1, 0.15) is 5.69 Å². The molecule has 0 amide bonds. The normalized spacial score (nSPS) is 11.1. The Morgan fingerprint density at radius 3 is 2.44 bits per heavy atom. The number of aliphatic imine (C=N–C) groups is 1. The first-order chi connectivity index (χ1) is 12.0. The maximum absolute atomic E-state index is 10.7. The van der Waals surface area contributed by atoms with Crippen molar-refractivity contribution >= 4 is 17.6 Å². The van der Waals surface area contributed by atoms with Crippen LogP contribution in [0.4, 0.5) is 11.4 Å². The fourth-order valence-electron chi connectivity index (χ4n) is 2.60. The van der Waals surface area contributed by atoms with Gasteiger partial charge in [-0.05, 0) is 25.0 Å². The van der Waals surface area contributed by atoms with E-state index in [1.165, 1.54) is 12.1 Å². The summed E-state index contributed by atoms with van der Waals surface area (Å²) in [6.45, 7) is 4.45. The zero-order valence-corrected chi connectivity index (χ0v) is 14.1. The van der Waals surface area contributed by atoms with Crippen molar-refractivity contribution in [2.24, 2.45) is 4.99 Å². The third-order valence-corrected chi connectivity index (χ3v) is 3.97. The van der Waals surface area contributed by atoms with E-state index >= 15 is 0 Å². The Bertz CT molecular complexity index is 913. The first kappa shape index (κ1) is 16.6. The lowest BCUT2D eigenvalue weighted by molar-refractivity contribution is -0.384. The van der Waals surface area contributed by atoms with Gasteiger partial charge in [-0.2, -0.15) is 5.10 Å². The highest BCUT2D eigenvalue weighted by atomic mass is 16.6. The highest BCUT2D eigenvalue weighted by Crippen LogP contribution is 2.24. The van der Waals surface area contributed by atoms with Gasteiger partial charge in [-0.3, -0.25) is 19.8 Å². The minimum Gasteiger partial charge on any atom is -0.263 e. The zero-order valence-electron chi connectivity index (χ0n) is 14.1. The van der Waals surface area contributed by atoms with E-state index in [0.29, 0.717) is 6.54 Å². The molecular weight excluding hydrogens is 316 g/mol. The van der Waals surface area contributed by atoms with E-state index in [4.69, 9.17) is 0 Å². The van der Waals surface area contributed by atoms with Crippen molar-refractivity contribution < 1.29 is 4.92 Å². The van der Waals surface area contributed by atoms with Crippen LogP contribution in [0.5, 0.6) is 0 Å². The van der Waals surface area contributed by atoms with Crippen LogP contribution in [0.15, 0.2) is 59.6 Å². The summed E-state index contributed by atoms with van der Waals surface area (Å²) in [5.74, 6) is 0. The second-order valence-electron chi connectivity index (χ2n) is 5.77. The number of aryl methyl sites for hydroxylation is 1. The van der Waals surface area contributed by atoms with E-state index in [0.717, 1.165) is 28.2 Å². The summed E-state index contributed by atoms with van der Waals surface area (Å²) in [7, 11) is 0. The molecule has 0 N–H and O–H groups in total. The van der Waals surface area contributed by atoms with Crippen molar-refractivity contribution in [3.05, 3.63) is 87.2 Å². The van der Waals surface area contributed by atoms with Crippen LogP contribution in [0.1, 0.15) is 22.5 Å². The van der Waals surface area contributed by atoms with E-state index in [1.807, 2.05) is 55.1 Å².